The molecule has 0 bridgehead atoms. The number of nitrogens with two attached hydrogens (primary N) is 1. The molecule has 0 fully saturated rings. The van der Waals surface area contributed by atoms with Gasteiger partial charge in [-0.15, -0.1) is 31.7 Å². The van der Waals surface area contributed by atoms with Crippen molar-refractivity contribution in [1.29, 1.82) is 0 Å². The molecule has 0 aliphatic carbocycles. The van der Waals surface area contributed by atoms with E-state index in [0.29, 0.717) is 21.8 Å². The summed E-state index contributed by atoms with van der Waals surface area (Å²) in [4.78, 5) is 5.90. The van der Waals surface area contributed by atoms with Crippen molar-refractivity contribution in [3.63, 3.8) is 0 Å². The van der Waals surface area contributed by atoms with E-state index in [1.54, 1.807) is 11.3 Å². The van der Waals surface area contributed by atoms with Crippen molar-refractivity contribution in [1.82, 2.24) is 34.3 Å². The van der Waals surface area contributed by atoms with Crippen molar-refractivity contribution in [2.24, 2.45) is 0 Å². The monoisotopic (exact) mass is 456 g/mol. The molecule has 4 heterocycles. The third-order valence-corrected chi connectivity index (χ3v) is 6.83. The van der Waals surface area contributed by atoms with E-state index >= 15 is 0 Å². The van der Waals surface area contributed by atoms with Crippen LogP contribution in [0.2, 0.25) is 0 Å². The van der Waals surface area contributed by atoms with Gasteiger partial charge in [0.1, 0.15) is 5.03 Å². The van der Waals surface area contributed by atoms with Gasteiger partial charge in [-0.3, -0.25) is 8.97 Å². The van der Waals surface area contributed by atoms with Gasteiger partial charge in [0.25, 0.3) is 0 Å². The van der Waals surface area contributed by atoms with Crippen LogP contribution in [-0.2, 0) is 0 Å². The predicted octanol–water partition coefficient (Wildman–Crippen LogP) is 4.63. The molecule has 2 aromatic carbocycles. The van der Waals surface area contributed by atoms with Gasteiger partial charge in [-0.05, 0) is 60.0 Å². The topological polar surface area (TPSA) is 99.8 Å². The summed E-state index contributed by atoms with van der Waals surface area (Å²) >= 11 is 3.02. The van der Waals surface area contributed by atoms with Gasteiger partial charge in [-0.1, -0.05) is 30.3 Å². The number of benzene rings is 2. The van der Waals surface area contributed by atoms with Crippen molar-refractivity contribution < 1.29 is 0 Å². The highest BCUT2D eigenvalue weighted by Crippen LogP contribution is 2.35. The Morgan fingerprint density at radius 3 is 2.62 bits per heavy atom. The summed E-state index contributed by atoms with van der Waals surface area (Å²) in [5, 5.41) is 20.8. The Morgan fingerprint density at radius 1 is 0.938 bits per heavy atom. The minimum Gasteiger partial charge on any atom is -0.368 e. The second-order valence-electron chi connectivity index (χ2n) is 7.18. The molecule has 4 aromatic heterocycles. The van der Waals surface area contributed by atoms with Crippen LogP contribution in [0.3, 0.4) is 0 Å². The second kappa shape index (κ2) is 7.43. The molecule has 2 N–H and O–H groups in total. The van der Waals surface area contributed by atoms with Crippen LogP contribution < -0.4 is 5.73 Å². The molecule has 0 amide bonds. The van der Waals surface area contributed by atoms with Gasteiger partial charge in [-0.25, -0.2) is 4.98 Å². The number of fused-ring (bicyclic) bond motifs is 3. The third kappa shape index (κ3) is 3.03. The zero-order valence-corrected chi connectivity index (χ0v) is 18.5. The lowest BCUT2D eigenvalue weighted by Gasteiger charge is -2.10. The maximum absolute atomic E-state index is 6.16. The predicted molar refractivity (Wildman–Crippen MR) is 126 cm³/mol. The van der Waals surface area contributed by atoms with Crippen LogP contribution in [0.15, 0.2) is 76.2 Å². The summed E-state index contributed by atoms with van der Waals surface area (Å²) in [6, 6.07) is 20.1. The highest BCUT2D eigenvalue weighted by molar-refractivity contribution is 7.99. The average Bonchev–Trinajstić information content (AvgIpc) is 3.55. The Morgan fingerprint density at radius 2 is 1.81 bits per heavy atom. The fourth-order valence-corrected chi connectivity index (χ4v) is 5.21. The molecule has 8 nitrogen and oxygen atoms in total. The Labute approximate surface area is 190 Å². The van der Waals surface area contributed by atoms with Crippen molar-refractivity contribution >= 4 is 45.7 Å². The van der Waals surface area contributed by atoms with Crippen LogP contribution in [0.1, 0.15) is 5.56 Å². The van der Waals surface area contributed by atoms with E-state index in [9.17, 15) is 0 Å². The van der Waals surface area contributed by atoms with Crippen LogP contribution in [0.4, 0.5) is 5.95 Å². The Bertz CT molecular complexity index is 1570. The van der Waals surface area contributed by atoms with Gasteiger partial charge in [0, 0.05) is 5.69 Å². The van der Waals surface area contributed by atoms with E-state index < -0.39 is 0 Å². The van der Waals surface area contributed by atoms with Gasteiger partial charge < -0.3 is 5.73 Å². The van der Waals surface area contributed by atoms with Crippen LogP contribution in [0.25, 0.3) is 33.1 Å². The van der Waals surface area contributed by atoms with E-state index in [0.717, 1.165) is 33.0 Å². The SMILES string of the molecule is Cc1ccc2nc(Sc3nnc(-c4cccs4)n3-c3ccccc3)c3nnc(N)n3c2c1. The summed E-state index contributed by atoms with van der Waals surface area (Å²) in [5.41, 5.74) is 10.5. The standard InChI is InChI=1S/C22H16N8S2/c1-13-9-10-15-16(12-13)30-19(26-27-21(30)23)20(24-15)32-22-28-25-18(17-8-5-11-31-17)29(22)14-6-3-2-4-7-14/h2-12H,1H3,(H2,23,27). The lowest BCUT2D eigenvalue weighted by atomic mass is 10.2. The maximum atomic E-state index is 6.16. The van der Waals surface area contributed by atoms with E-state index in [1.165, 1.54) is 11.8 Å². The summed E-state index contributed by atoms with van der Waals surface area (Å²) in [5.74, 6) is 1.10. The summed E-state index contributed by atoms with van der Waals surface area (Å²) in [6.07, 6.45) is 0. The normalized spacial score (nSPS) is 11.5. The zero-order chi connectivity index (χ0) is 21.7. The molecule has 0 aliphatic heterocycles. The molecular weight excluding hydrogens is 440 g/mol. The molecule has 32 heavy (non-hydrogen) atoms. The third-order valence-electron chi connectivity index (χ3n) is 5.05. The number of aryl methyl sites for hydroxylation is 1. The van der Waals surface area contributed by atoms with Gasteiger partial charge in [0.05, 0.1) is 15.9 Å². The minimum atomic E-state index is 0.323. The molecule has 0 spiro atoms. The second-order valence-corrected chi connectivity index (χ2v) is 9.09. The highest BCUT2D eigenvalue weighted by Gasteiger charge is 2.21. The lowest BCUT2D eigenvalue weighted by molar-refractivity contribution is 0.883. The largest absolute Gasteiger partial charge is 0.368 e. The van der Waals surface area contributed by atoms with Gasteiger partial charge >= 0.3 is 0 Å². The first-order chi connectivity index (χ1) is 15.7. The Hall–Kier alpha value is -3.76. The van der Waals surface area contributed by atoms with Crippen molar-refractivity contribution in [3.8, 4) is 16.4 Å². The first kappa shape index (κ1) is 19.0. The van der Waals surface area contributed by atoms with Crippen LogP contribution in [0, 0.1) is 6.92 Å². The number of thiophene rings is 1. The first-order valence-electron chi connectivity index (χ1n) is 9.82. The molecule has 0 atom stereocenters. The molecular formula is C22H16N8S2. The van der Waals surface area contributed by atoms with Gasteiger partial charge in [0.15, 0.2) is 11.5 Å². The van der Waals surface area contributed by atoms with Crippen LogP contribution in [0.5, 0.6) is 0 Å². The van der Waals surface area contributed by atoms with E-state index in [1.807, 2.05) is 81.9 Å². The molecule has 6 rings (SSSR count). The smallest absolute Gasteiger partial charge is 0.227 e. The van der Waals surface area contributed by atoms with E-state index in [4.69, 9.17) is 10.7 Å². The number of nitrogen functional groups attached to an aromatic ring is 1. The summed E-state index contributed by atoms with van der Waals surface area (Å²) in [7, 11) is 0. The molecule has 6 aromatic rings. The highest BCUT2D eigenvalue weighted by atomic mass is 32.2. The van der Waals surface area contributed by atoms with Gasteiger partial charge in [0.2, 0.25) is 11.1 Å². The van der Waals surface area contributed by atoms with E-state index in [2.05, 4.69) is 20.4 Å². The van der Waals surface area contributed by atoms with Crippen LogP contribution in [-0.4, -0.2) is 34.3 Å². The summed E-state index contributed by atoms with van der Waals surface area (Å²) in [6.45, 7) is 2.03. The first-order valence-corrected chi connectivity index (χ1v) is 11.5. The fraction of sp³-hybridized carbons (Fsp3) is 0.0455. The zero-order valence-electron chi connectivity index (χ0n) is 16.9. The molecule has 0 radical (unpaired) electrons. The molecule has 10 heteroatoms. The minimum absolute atomic E-state index is 0.323. The summed E-state index contributed by atoms with van der Waals surface area (Å²) < 4.78 is 3.87. The number of aromatic nitrogens is 7. The number of para-hydroxylation sites is 1. The number of anilines is 1. The van der Waals surface area contributed by atoms with Crippen molar-refractivity contribution in [3.05, 3.63) is 71.6 Å². The fourth-order valence-electron chi connectivity index (χ4n) is 3.61. The number of hydrogen-bond donors (Lipinski definition) is 1. The average molecular weight is 457 g/mol. The molecule has 0 aliphatic rings. The Balaban J connectivity index is 1.56. The van der Waals surface area contributed by atoms with E-state index in [-0.39, 0.29) is 0 Å². The molecule has 156 valence electrons. The number of rotatable bonds is 4. The maximum Gasteiger partial charge on any atom is 0.227 e. The van der Waals surface area contributed by atoms with Gasteiger partial charge in [-0.2, -0.15) is 0 Å². The lowest BCUT2D eigenvalue weighted by Crippen LogP contribution is -2.01. The molecule has 0 saturated carbocycles. The number of nitrogens with zero attached hydrogens (tertiary/aromatic N) is 7. The van der Waals surface area contributed by atoms with Crippen molar-refractivity contribution in [2.75, 3.05) is 5.73 Å². The number of hydrogen-bond acceptors (Lipinski definition) is 8. The quantitative estimate of drug-likeness (QED) is 0.413. The Kier molecular flexibility index (Phi) is 4.40. The van der Waals surface area contributed by atoms with Crippen molar-refractivity contribution in [2.45, 2.75) is 17.1 Å². The molecule has 0 unspecified atom stereocenters. The molecule has 0 saturated heterocycles. The van der Waals surface area contributed by atoms with Crippen LogP contribution >= 0.6 is 23.1 Å².